The average molecular weight is 140 g/mol. The molecule has 0 radical (unpaired) electrons. The molecule has 0 bridgehead atoms. The fourth-order valence-electron chi connectivity index (χ4n) is 1.35. The van der Waals surface area contributed by atoms with Crippen LogP contribution in [0.25, 0.3) is 0 Å². The summed E-state index contributed by atoms with van der Waals surface area (Å²) in [5.74, 6) is 0. The minimum Gasteiger partial charge on any atom is -0.0885 e. The molecule has 52 valence electrons. The lowest BCUT2D eigenvalue weighted by Crippen LogP contribution is -2.25. The molecule has 0 heterocycles. The first-order valence-corrected chi connectivity index (χ1v) is 7.35. The molecule has 0 saturated carbocycles. The molecular formula is C8H16Si. The molecule has 0 nitrogen and oxygen atoms in total. The summed E-state index contributed by atoms with van der Waals surface area (Å²) in [7, 11) is -0.811. The molecule has 0 aromatic heterocycles. The minimum absolute atomic E-state index is 0.811. The van der Waals surface area contributed by atoms with E-state index in [1.54, 1.807) is 0 Å². The summed E-state index contributed by atoms with van der Waals surface area (Å²) in [6, 6.07) is 0. The molecule has 0 fully saturated rings. The average Bonchev–Trinajstić information content (AvgIpc) is 2.08. The zero-order chi connectivity index (χ0) is 6.91. The van der Waals surface area contributed by atoms with Crippen molar-refractivity contribution < 1.29 is 0 Å². The van der Waals surface area contributed by atoms with Crippen molar-refractivity contribution in [3.05, 3.63) is 12.2 Å². The molecule has 1 aliphatic rings. The Balaban J connectivity index is 2.53. The van der Waals surface area contributed by atoms with Gasteiger partial charge < -0.3 is 0 Å². The van der Waals surface area contributed by atoms with Crippen LogP contribution in [0.3, 0.4) is 0 Å². The van der Waals surface area contributed by atoms with Crippen LogP contribution in [0.1, 0.15) is 12.8 Å². The fraction of sp³-hybridized carbons (Fsp3) is 0.750. The zero-order valence-corrected chi connectivity index (χ0v) is 7.65. The van der Waals surface area contributed by atoms with Crippen LogP contribution in [-0.2, 0) is 0 Å². The van der Waals surface area contributed by atoms with Crippen molar-refractivity contribution in [2.24, 2.45) is 0 Å². The highest BCUT2D eigenvalue weighted by Crippen LogP contribution is 2.32. The number of rotatable bonds is 1. The maximum Gasteiger partial charge on any atom is 0.0513 e. The van der Waals surface area contributed by atoms with Gasteiger partial charge in [-0.05, 0) is 18.4 Å². The Morgan fingerprint density at radius 3 is 2.22 bits per heavy atom. The number of hydrogen-bond acceptors (Lipinski definition) is 0. The topological polar surface area (TPSA) is 0 Å². The molecule has 1 rings (SSSR count). The minimum atomic E-state index is -0.811. The Bertz CT molecular complexity index is 119. The Labute approximate surface area is 59.0 Å². The van der Waals surface area contributed by atoms with E-state index in [4.69, 9.17) is 0 Å². The number of hydrogen-bond donors (Lipinski definition) is 0. The predicted molar refractivity (Wildman–Crippen MR) is 45.5 cm³/mol. The van der Waals surface area contributed by atoms with Crippen LogP contribution in [0, 0.1) is 0 Å². The van der Waals surface area contributed by atoms with Crippen molar-refractivity contribution >= 4 is 8.07 Å². The summed E-state index contributed by atoms with van der Waals surface area (Å²) in [6.07, 6.45) is 7.51. The van der Waals surface area contributed by atoms with Gasteiger partial charge in [0.15, 0.2) is 0 Å². The molecule has 1 unspecified atom stereocenters. The second-order valence-corrected chi connectivity index (χ2v) is 9.45. The molecule has 9 heavy (non-hydrogen) atoms. The molecule has 0 amide bonds. The number of allylic oxidation sites excluding steroid dienone is 2. The first kappa shape index (κ1) is 7.07. The first-order chi connectivity index (χ1) is 4.11. The van der Waals surface area contributed by atoms with E-state index in [0.29, 0.717) is 0 Å². The van der Waals surface area contributed by atoms with E-state index < -0.39 is 8.07 Å². The van der Waals surface area contributed by atoms with Crippen molar-refractivity contribution in [3.8, 4) is 0 Å². The second kappa shape index (κ2) is 2.29. The highest BCUT2D eigenvalue weighted by Gasteiger charge is 2.25. The van der Waals surface area contributed by atoms with Crippen molar-refractivity contribution in [3.63, 3.8) is 0 Å². The third-order valence-corrected chi connectivity index (χ3v) is 4.83. The van der Waals surface area contributed by atoms with Gasteiger partial charge in [-0.2, -0.15) is 0 Å². The van der Waals surface area contributed by atoms with Crippen LogP contribution in [0.15, 0.2) is 12.2 Å². The van der Waals surface area contributed by atoms with Crippen LogP contribution < -0.4 is 0 Å². The van der Waals surface area contributed by atoms with E-state index >= 15 is 0 Å². The third kappa shape index (κ3) is 1.68. The Morgan fingerprint density at radius 1 is 1.33 bits per heavy atom. The highest BCUT2D eigenvalue weighted by molar-refractivity contribution is 6.78. The quantitative estimate of drug-likeness (QED) is 0.388. The molecule has 1 aliphatic carbocycles. The lowest BCUT2D eigenvalue weighted by atomic mass is 10.4. The summed E-state index contributed by atoms with van der Waals surface area (Å²) >= 11 is 0. The van der Waals surface area contributed by atoms with Gasteiger partial charge >= 0.3 is 0 Å². The first-order valence-electron chi connectivity index (χ1n) is 3.77. The molecule has 0 aromatic rings. The summed E-state index contributed by atoms with van der Waals surface area (Å²) in [4.78, 5) is 0. The molecule has 0 N–H and O–H groups in total. The van der Waals surface area contributed by atoms with Gasteiger partial charge in [-0.1, -0.05) is 31.8 Å². The molecule has 1 heteroatoms. The van der Waals surface area contributed by atoms with E-state index in [2.05, 4.69) is 31.8 Å². The Kier molecular flexibility index (Phi) is 1.80. The van der Waals surface area contributed by atoms with Gasteiger partial charge in [-0.3, -0.25) is 0 Å². The largest absolute Gasteiger partial charge is 0.0885 e. The highest BCUT2D eigenvalue weighted by atomic mass is 28.3. The SMILES string of the molecule is C[Si](C)(C)C1C=CCC1. The van der Waals surface area contributed by atoms with Gasteiger partial charge in [-0.25, -0.2) is 0 Å². The van der Waals surface area contributed by atoms with Crippen molar-refractivity contribution in [2.75, 3.05) is 0 Å². The lowest BCUT2D eigenvalue weighted by Gasteiger charge is -2.22. The molecular weight excluding hydrogens is 124 g/mol. The maximum absolute atomic E-state index is 2.45. The van der Waals surface area contributed by atoms with Crippen LogP contribution in [-0.4, -0.2) is 8.07 Å². The monoisotopic (exact) mass is 140 g/mol. The van der Waals surface area contributed by atoms with E-state index in [-0.39, 0.29) is 0 Å². The Hall–Kier alpha value is -0.0431. The van der Waals surface area contributed by atoms with Gasteiger partial charge in [0.2, 0.25) is 0 Å². The summed E-state index contributed by atoms with van der Waals surface area (Å²) in [5, 5.41) is 0. The lowest BCUT2D eigenvalue weighted by molar-refractivity contribution is 0.895. The zero-order valence-electron chi connectivity index (χ0n) is 6.65. The fourth-order valence-corrected chi connectivity index (χ4v) is 3.10. The van der Waals surface area contributed by atoms with Gasteiger partial charge in [0.25, 0.3) is 0 Å². The van der Waals surface area contributed by atoms with Crippen molar-refractivity contribution in [1.29, 1.82) is 0 Å². The van der Waals surface area contributed by atoms with E-state index in [0.717, 1.165) is 5.54 Å². The molecule has 0 aromatic carbocycles. The smallest absolute Gasteiger partial charge is 0.0513 e. The molecule has 0 saturated heterocycles. The van der Waals surface area contributed by atoms with Crippen molar-refractivity contribution in [1.82, 2.24) is 0 Å². The summed E-state index contributed by atoms with van der Waals surface area (Å²) in [6.45, 7) is 7.36. The van der Waals surface area contributed by atoms with Crippen LogP contribution >= 0.6 is 0 Å². The van der Waals surface area contributed by atoms with Crippen LogP contribution in [0.2, 0.25) is 25.2 Å². The van der Waals surface area contributed by atoms with Crippen molar-refractivity contribution in [2.45, 2.75) is 38.0 Å². The van der Waals surface area contributed by atoms with E-state index in [9.17, 15) is 0 Å². The van der Waals surface area contributed by atoms with Crippen LogP contribution in [0.5, 0.6) is 0 Å². The standard InChI is InChI=1S/C8H16Si/c1-9(2,3)8-6-4-5-7-8/h4,6,8H,5,7H2,1-3H3. The predicted octanol–water partition coefficient (Wildman–Crippen LogP) is 3.04. The Morgan fingerprint density at radius 2 is 2.00 bits per heavy atom. The third-order valence-electron chi connectivity index (χ3n) is 2.13. The molecule has 1 atom stereocenters. The summed E-state index contributed by atoms with van der Waals surface area (Å²) < 4.78 is 0. The summed E-state index contributed by atoms with van der Waals surface area (Å²) in [5.41, 5.74) is 0.970. The van der Waals surface area contributed by atoms with E-state index in [1.165, 1.54) is 12.8 Å². The van der Waals surface area contributed by atoms with E-state index in [1.807, 2.05) is 0 Å². The maximum atomic E-state index is 2.45. The van der Waals surface area contributed by atoms with Gasteiger partial charge in [-0.15, -0.1) is 0 Å². The van der Waals surface area contributed by atoms with Gasteiger partial charge in [0.05, 0.1) is 8.07 Å². The molecule has 0 aliphatic heterocycles. The second-order valence-electron chi connectivity index (χ2n) is 3.98. The molecule has 0 spiro atoms. The normalized spacial score (nSPS) is 27.2. The van der Waals surface area contributed by atoms with Gasteiger partial charge in [0.1, 0.15) is 0 Å². The van der Waals surface area contributed by atoms with Crippen LogP contribution in [0.4, 0.5) is 0 Å². The van der Waals surface area contributed by atoms with Gasteiger partial charge in [0, 0.05) is 0 Å².